The van der Waals surface area contributed by atoms with Crippen molar-refractivity contribution in [2.45, 2.75) is 43.0 Å². The number of nitrogens with one attached hydrogen (secondary N) is 1. The third-order valence-electron chi connectivity index (χ3n) is 5.41. The van der Waals surface area contributed by atoms with Gasteiger partial charge in [-0.15, -0.1) is 0 Å². The molecule has 0 amide bonds. The SMILES string of the molecule is CC[C@@H](C)n1c(=N)c(S(=O)(=O)c2ccc(Cl)cc2)cc2c(=O)n3cc(C)ccc3nc21. The average molecular weight is 457 g/mol. The second-order valence-electron chi connectivity index (χ2n) is 7.53. The molecule has 3 heterocycles. The first kappa shape index (κ1) is 21.3. The summed E-state index contributed by atoms with van der Waals surface area (Å²) in [6.07, 6.45) is 2.30. The average Bonchev–Trinajstić information content (AvgIpc) is 2.74. The maximum absolute atomic E-state index is 13.4. The Balaban J connectivity index is 2.17. The molecule has 0 radical (unpaired) electrons. The molecule has 7 nitrogen and oxygen atoms in total. The highest BCUT2D eigenvalue weighted by Crippen LogP contribution is 2.24. The van der Waals surface area contributed by atoms with E-state index in [0.29, 0.717) is 22.7 Å². The number of fused-ring (bicyclic) bond motifs is 2. The molecule has 0 aliphatic carbocycles. The minimum absolute atomic E-state index is 0.00477. The van der Waals surface area contributed by atoms with Crippen molar-refractivity contribution in [1.29, 1.82) is 5.41 Å². The van der Waals surface area contributed by atoms with Gasteiger partial charge in [0.05, 0.1) is 10.3 Å². The molecule has 4 aromatic rings. The Morgan fingerprint density at radius 1 is 1.16 bits per heavy atom. The Kier molecular flexibility index (Phi) is 5.23. The van der Waals surface area contributed by atoms with E-state index in [2.05, 4.69) is 4.98 Å². The first-order valence-corrected chi connectivity index (χ1v) is 11.6. The second-order valence-corrected chi connectivity index (χ2v) is 9.89. The molecule has 0 aliphatic rings. The maximum atomic E-state index is 13.4. The van der Waals surface area contributed by atoms with E-state index in [0.717, 1.165) is 5.56 Å². The molecule has 31 heavy (non-hydrogen) atoms. The van der Waals surface area contributed by atoms with Crippen molar-refractivity contribution < 1.29 is 8.42 Å². The number of benzene rings is 1. The highest BCUT2D eigenvalue weighted by Gasteiger charge is 2.25. The van der Waals surface area contributed by atoms with Gasteiger partial charge < -0.3 is 4.57 Å². The molecule has 0 unspecified atom stereocenters. The van der Waals surface area contributed by atoms with Crippen molar-refractivity contribution in [3.63, 3.8) is 0 Å². The van der Waals surface area contributed by atoms with Crippen LogP contribution in [-0.4, -0.2) is 22.4 Å². The van der Waals surface area contributed by atoms with Gasteiger partial charge in [-0.25, -0.2) is 13.4 Å². The van der Waals surface area contributed by atoms with E-state index in [1.54, 1.807) is 12.3 Å². The summed E-state index contributed by atoms with van der Waals surface area (Å²) < 4.78 is 29.7. The van der Waals surface area contributed by atoms with E-state index >= 15 is 0 Å². The Hall–Kier alpha value is -2.97. The fourth-order valence-corrected chi connectivity index (χ4v) is 5.04. The van der Waals surface area contributed by atoms with Gasteiger partial charge in [0.25, 0.3) is 5.56 Å². The summed E-state index contributed by atoms with van der Waals surface area (Å²) in [5.74, 6) is 0. The summed E-state index contributed by atoms with van der Waals surface area (Å²) in [5.41, 5.74) is 1.02. The summed E-state index contributed by atoms with van der Waals surface area (Å²) in [6, 6.07) is 10.4. The largest absolute Gasteiger partial charge is 0.307 e. The molecule has 9 heteroatoms. The quantitative estimate of drug-likeness (QED) is 0.471. The Labute approximate surface area is 184 Å². The third-order valence-corrected chi connectivity index (χ3v) is 7.44. The van der Waals surface area contributed by atoms with Crippen LogP contribution in [0.5, 0.6) is 0 Å². The number of rotatable bonds is 4. The third kappa shape index (κ3) is 3.45. The van der Waals surface area contributed by atoms with Crippen LogP contribution in [0.3, 0.4) is 0 Å². The smallest absolute Gasteiger partial charge is 0.267 e. The van der Waals surface area contributed by atoms with Gasteiger partial charge >= 0.3 is 0 Å². The van der Waals surface area contributed by atoms with Crippen molar-refractivity contribution in [1.82, 2.24) is 14.0 Å². The molecule has 0 fully saturated rings. The fraction of sp³-hybridized carbons (Fsp3) is 0.227. The van der Waals surface area contributed by atoms with Gasteiger partial charge in [0.1, 0.15) is 21.7 Å². The molecule has 4 rings (SSSR count). The number of aryl methyl sites for hydroxylation is 1. The van der Waals surface area contributed by atoms with Crippen LogP contribution < -0.4 is 11.0 Å². The number of hydrogen-bond donors (Lipinski definition) is 1. The lowest BCUT2D eigenvalue weighted by Crippen LogP contribution is -2.31. The highest BCUT2D eigenvalue weighted by atomic mass is 35.5. The van der Waals surface area contributed by atoms with Crippen LogP contribution in [-0.2, 0) is 9.84 Å². The van der Waals surface area contributed by atoms with Gasteiger partial charge in [-0.1, -0.05) is 24.6 Å². The molecule has 0 saturated carbocycles. The molecule has 1 aromatic carbocycles. The summed E-state index contributed by atoms with van der Waals surface area (Å²) in [4.78, 5) is 17.7. The lowest BCUT2D eigenvalue weighted by Gasteiger charge is -2.19. The van der Waals surface area contributed by atoms with Gasteiger partial charge in [-0.05, 0) is 62.2 Å². The van der Waals surface area contributed by atoms with Gasteiger partial charge in [0.2, 0.25) is 9.84 Å². The molecule has 0 spiro atoms. The van der Waals surface area contributed by atoms with E-state index in [1.807, 2.05) is 26.8 Å². The molecule has 0 saturated heterocycles. The zero-order valence-corrected chi connectivity index (χ0v) is 18.8. The lowest BCUT2D eigenvalue weighted by atomic mass is 10.2. The predicted octanol–water partition coefficient (Wildman–Crippen LogP) is 3.89. The zero-order valence-electron chi connectivity index (χ0n) is 17.3. The number of nitrogens with zero attached hydrogens (tertiary/aromatic N) is 3. The van der Waals surface area contributed by atoms with Crippen molar-refractivity contribution in [2.75, 3.05) is 0 Å². The predicted molar refractivity (Wildman–Crippen MR) is 119 cm³/mol. The van der Waals surface area contributed by atoms with Gasteiger partial charge in [-0.3, -0.25) is 14.6 Å². The van der Waals surface area contributed by atoms with Crippen LogP contribution in [0.15, 0.2) is 63.2 Å². The lowest BCUT2D eigenvalue weighted by molar-refractivity contribution is 0.508. The van der Waals surface area contributed by atoms with Crippen molar-refractivity contribution >= 4 is 38.1 Å². The minimum atomic E-state index is -4.06. The van der Waals surface area contributed by atoms with Crippen molar-refractivity contribution in [3.8, 4) is 0 Å². The maximum Gasteiger partial charge on any atom is 0.267 e. The van der Waals surface area contributed by atoms with Gasteiger partial charge in [0.15, 0.2) is 0 Å². The highest BCUT2D eigenvalue weighted by molar-refractivity contribution is 7.91. The van der Waals surface area contributed by atoms with E-state index in [9.17, 15) is 13.2 Å². The Bertz CT molecular complexity index is 1550. The number of halogens is 1. The van der Waals surface area contributed by atoms with Crippen LogP contribution in [0.4, 0.5) is 0 Å². The minimum Gasteiger partial charge on any atom is -0.307 e. The van der Waals surface area contributed by atoms with Crippen LogP contribution >= 0.6 is 11.6 Å². The topological polar surface area (TPSA) is 97.3 Å². The normalized spacial score (nSPS) is 13.0. The number of sulfone groups is 1. The van der Waals surface area contributed by atoms with Crippen LogP contribution in [0.25, 0.3) is 16.7 Å². The van der Waals surface area contributed by atoms with E-state index in [1.165, 1.54) is 39.3 Å². The molecule has 0 bridgehead atoms. The van der Waals surface area contributed by atoms with Crippen LogP contribution in [0.2, 0.25) is 5.02 Å². The molecule has 3 aromatic heterocycles. The first-order chi connectivity index (χ1) is 14.6. The van der Waals surface area contributed by atoms with Crippen LogP contribution in [0.1, 0.15) is 31.9 Å². The summed E-state index contributed by atoms with van der Waals surface area (Å²) in [6.45, 7) is 5.66. The fourth-order valence-electron chi connectivity index (χ4n) is 3.54. The molecule has 1 N–H and O–H groups in total. The van der Waals surface area contributed by atoms with Gasteiger partial charge in [0, 0.05) is 17.3 Å². The number of pyridine rings is 2. The summed E-state index contributed by atoms with van der Waals surface area (Å²) >= 11 is 5.90. The number of hydrogen-bond acceptors (Lipinski definition) is 5. The molecular formula is C22H21ClN4O3S. The van der Waals surface area contributed by atoms with E-state index in [-0.39, 0.29) is 32.3 Å². The molecule has 0 aliphatic heterocycles. The van der Waals surface area contributed by atoms with Crippen LogP contribution in [0, 0.1) is 12.3 Å². The number of aromatic nitrogens is 3. The standard InChI is InChI=1S/C22H21ClN4O3S/c1-4-14(3)27-20(24)18(31(29,30)16-8-6-15(23)7-9-16)11-17-21(27)25-19-10-5-13(2)12-26(19)22(17)28/h5-12,14,24H,4H2,1-3H3/t14-/m1/s1. The molecule has 1 atom stereocenters. The van der Waals surface area contributed by atoms with Crippen molar-refractivity contribution in [2.24, 2.45) is 0 Å². The monoisotopic (exact) mass is 456 g/mol. The first-order valence-electron chi connectivity index (χ1n) is 9.78. The zero-order chi connectivity index (χ0) is 22.5. The van der Waals surface area contributed by atoms with E-state index < -0.39 is 9.84 Å². The van der Waals surface area contributed by atoms with Gasteiger partial charge in [-0.2, -0.15) is 0 Å². The van der Waals surface area contributed by atoms with E-state index in [4.69, 9.17) is 17.0 Å². The molecule has 160 valence electrons. The summed E-state index contributed by atoms with van der Waals surface area (Å²) in [7, 11) is -4.06. The van der Waals surface area contributed by atoms with Crippen molar-refractivity contribution in [3.05, 3.63) is 75.1 Å². The Morgan fingerprint density at radius 3 is 2.48 bits per heavy atom. The second kappa shape index (κ2) is 7.62. The Morgan fingerprint density at radius 2 is 1.84 bits per heavy atom. The molecular weight excluding hydrogens is 436 g/mol. The summed E-state index contributed by atoms with van der Waals surface area (Å²) in [5, 5.41) is 9.28.